The Kier molecular flexibility index (Phi) is 7.26. The Hall–Kier alpha value is -0.850. The van der Waals surface area contributed by atoms with Crippen molar-refractivity contribution in [3.05, 3.63) is 0 Å². The van der Waals surface area contributed by atoms with Crippen LogP contribution in [-0.2, 0) is 14.3 Å². The predicted octanol–water partition coefficient (Wildman–Crippen LogP) is -0.0862. The Labute approximate surface area is 126 Å². The summed E-state index contributed by atoms with van der Waals surface area (Å²) in [5.41, 5.74) is 0. The molecule has 2 fully saturated rings. The number of amides is 2. The van der Waals surface area contributed by atoms with Gasteiger partial charge in [-0.2, -0.15) is 0 Å². The van der Waals surface area contributed by atoms with E-state index < -0.39 is 0 Å². The maximum atomic E-state index is 12.0. The molecule has 2 aliphatic heterocycles. The standard InChI is InChI=1S/C13H23N3O3.ClH/c1-2-16-6-5-14-11(13(16)18)8-12(17)15-9-10-4-3-7-19-10;/h10-11,14H,2-9H2,1H3,(H,15,17);1H. The van der Waals surface area contributed by atoms with E-state index in [1.807, 2.05) is 6.92 Å². The van der Waals surface area contributed by atoms with Crippen LogP contribution < -0.4 is 10.6 Å². The summed E-state index contributed by atoms with van der Waals surface area (Å²) in [5, 5.41) is 5.96. The molecular formula is C13H24ClN3O3. The molecule has 2 unspecified atom stereocenters. The van der Waals surface area contributed by atoms with Crippen molar-refractivity contribution in [2.75, 3.05) is 32.8 Å². The van der Waals surface area contributed by atoms with Crippen LogP contribution in [0.3, 0.4) is 0 Å². The molecule has 0 aromatic carbocycles. The minimum absolute atomic E-state index is 0. The minimum atomic E-state index is -0.377. The van der Waals surface area contributed by atoms with E-state index in [9.17, 15) is 9.59 Å². The fourth-order valence-corrected chi connectivity index (χ4v) is 2.56. The van der Waals surface area contributed by atoms with Crippen molar-refractivity contribution < 1.29 is 14.3 Å². The summed E-state index contributed by atoms with van der Waals surface area (Å²) >= 11 is 0. The third kappa shape index (κ3) is 4.61. The van der Waals surface area contributed by atoms with Gasteiger partial charge in [0.15, 0.2) is 0 Å². The van der Waals surface area contributed by atoms with E-state index in [2.05, 4.69) is 10.6 Å². The number of carbonyl (C=O) groups is 2. The highest BCUT2D eigenvalue weighted by Crippen LogP contribution is 2.11. The van der Waals surface area contributed by atoms with Crippen molar-refractivity contribution in [1.82, 2.24) is 15.5 Å². The Bertz CT molecular complexity index is 335. The second-order valence-corrected chi connectivity index (χ2v) is 5.07. The summed E-state index contributed by atoms with van der Waals surface area (Å²) in [6.45, 7) is 5.48. The molecule has 6 nitrogen and oxygen atoms in total. The lowest BCUT2D eigenvalue weighted by atomic mass is 10.1. The van der Waals surface area contributed by atoms with Gasteiger partial charge >= 0.3 is 0 Å². The van der Waals surface area contributed by atoms with Crippen LogP contribution in [0.15, 0.2) is 0 Å². The largest absolute Gasteiger partial charge is 0.376 e. The van der Waals surface area contributed by atoms with Crippen molar-refractivity contribution in [3.63, 3.8) is 0 Å². The van der Waals surface area contributed by atoms with Crippen LogP contribution in [0.5, 0.6) is 0 Å². The van der Waals surface area contributed by atoms with Crippen LogP contribution in [0.1, 0.15) is 26.2 Å². The van der Waals surface area contributed by atoms with E-state index in [0.29, 0.717) is 13.1 Å². The van der Waals surface area contributed by atoms with Crippen molar-refractivity contribution >= 4 is 24.2 Å². The van der Waals surface area contributed by atoms with Crippen LogP contribution >= 0.6 is 12.4 Å². The molecule has 0 saturated carbocycles. The zero-order chi connectivity index (χ0) is 13.7. The lowest BCUT2D eigenvalue weighted by molar-refractivity contribution is -0.138. The molecule has 20 heavy (non-hydrogen) atoms. The maximum absolute atomic E-state index is 12.0. The number of nitrogens with zero attached hydrogens (tertiary/aromatic N) is 1. The second kappa shape index (κ2) is 8.44. The zero-order valence-electron chi connectivity index (χ0n) is 11.9. The molecule has 7 heteroatoms. The van der Waals surface area contributed by atoms with Gasteiger partial charge in [-0.1, -0.05) is 0 Å². The molecule has 0 aromatic heterocycles. The molecule has 116 valence electrons. The van der Waals surface area contributed by atoms with Gasteiger partial charge in [-0.15, -0.1) is 12.4 Å². The number of hydrogen-bond acceptors (Lipinski definition) is 4. The van der Waals surface area contributed by atoms with E-state index in [-0.39, 0.29) is 42.8 Å². The molecule has 0 bridgehead atoms. The Morgan fingerprint density at radius 2 is 2.35 bits per heavy atom. The van der Waals surface area contributed by atoms with E-state index in [1.54, 1.807) is 4.90 Å². The highest BCUT2D eigenvalue weighted by atomic mass is 35.5. The molecule has 0 spiro atoms. The Morgan fingerprint density at radius 1 is 1.55 bits per heavy atom. The van der Waals surface area contributed by atoms with E-state index in [0.717, 1.165) is 32.5 Å². The Balaban J connectivity index is 0.00000200. The average Bonchev–Trinajstić information content (AvgIpc) is 2.92. The molecule has 2 aliphatic rings. The minimum Gasteiger partial charge on any atom is -0.376 e. The van der Waals surface area contributed by atoms with Crippen molar-refractivity contribution in [2.45, 2.75) is 38.3 Å². The van der Waals surface area contributed by atoms with Gasteiger partial charge in [-0.3, -0.25) is 9.59 Å². The number of rotatable bonds is 5. The van der Waals surface area contributed by atoms with Crippen molar-refractivity contribution in [2.24, 2.45) is 0 Å². The van der Waals surface area contributed by atoms with Gasteiger partial charge in [0, 0.05) is 32.8 Å². The van der Waals surface area contributed by atoms with E-state index in [4.69, 9.17) is 4.74 Å². The molecular weight excluding hydrogens is 282 g/mol. The molecule has 0 aliphatic carbocycles. The van der Waals surface area contributed by atoms with Crippen LogP contribution in [-0.4, -0.2) is 61.6 Å². The smallest absolute Gasteiger partial charge is 0.240 e. The first kappa shape index (κ1) is 17.2. The normalized spacial score (nSPS) is 26.2. The quantitative estimate of drug-likeness (QED) is 0.745. The van der Waals surface area contributed by atoms with Gasteiger partial charge in [0.1, 0.15) is 0 Å². The topological polar surface area (TPSA) is 70.7 Å². The highest BCUT2D eigenvalue weighted by Gasteiger charge is 2.29. The van der Waals surface area contributed by atoms with Gasteiger partial charge in [-0.25, -0.2) is 0 Å². The number of piperazine rings is 1. The monoisotopic (exact) mass is 305 g/mol. The third-order valence-corrected chi connectivity index (χ3v) is 3.70. The SMILES string of the molecule is CCN1CCNC(CC(=O)NCC2CCCO2)C1=O.Cl. The van der Waals surface area contributed by atoms with E-state index >= 15 is 0 Å². The number of nitrogens with one attached hydrogen (secondary N) is 2. The first-order chi connectivity index (χ1) is 9.20. The molecule has 2 rings (SSSR count). The molecule has 0 radical (unpaired) electrons. The summed E-state index contributed by atoms with van der Waals surface area (Å²) in [6.07, 6.45) is 2.42. The Morgan fingerprint density at radius 3 is 3.00 bits per heavy atom. The highest BCUT2D eigenvalue weighted by molar-refractivity contribution is 5.88. The second-order valence-electron chi connectivity index (χ2n) is 5.07. The molecule has 2 atom stereocenters. The molecule has 2 amide bonds. The molecule has 0 aromatic rings. The van der Waals surface area contributed by atoms with Gasteiger partial charge in [0.25, 0.3) is 0 Å². The predicted molar refractivity (Wildman–Crippen MR) is 77.9 cm³/mol. The lowest BCUT2D eigenvalue weighted by Crippen LogP contribution is -2.56. The summed E-state index contributed by atoms with van der Waals surface area (Å²) in [5.74, 6) is -0.0553. The average molecular weight is 306 g/mol. The van der Waals surface area contributed by atoms with Crippen LogP contribution in [0.25, 0.3) is 0 Å². The number of hydrogen-bond donors (Lipinski definition) is 2. The van der Waals surface area contributed by atoms with Crippen molar-refractivity contribution in [1.29, 1.82) is 0 Å². The first-order valence-electron chi connectivity index (χ1n) is 7.11. The van der Waals surface area contributed by atoms with Gasteiger partial charge in [-0.05, 0) is 19.8 Å². The van der Waals surface area contributed by atoms with Crippen LogP contribution in [0.2, 0.25) is 0 Å². The number of likely N-dealkylation sites (N-methyl/N-ethyl adjacent to an activating group) is 1. The van der Waals surface area contributed by atoms with Crippen LogP contribution in [0.4, 0.5) is 0 Å². The fourth-order valence-electron chi connectivity index (χ4n) is 2.56. The fraction of sp³-hybridized carbons (Fsp3) is 0.846. The summed E-state index contributed by atoms with van der Waals surface area (Å²) in [4.78, 5) is 25.6. The lowest BCUT2D eigenvalue weighted by Gasteiger charge is -2.32. The molecule has 2 saturated heterocycles. The maximum Gasteiger partial charge on any atom is 0.240 e. The summed E-state index contributed by atoms with van der Waals surface area (Å²) in [7, 11) is 0. The van der Waals surface area contributed by atoms with Gasteiger partial charge in [0.05, 0.1) is 18.6 Å². The number of halogens is 1. The van der Waals surface area contributed by atoms with Gasteiger partial charge in [0.2, 0.25) is 11.8 Å². The number of carbonyl (C=O) groups excluding carboxylic acids is 2. The third-order valence-electron chi connectivity index (χ3n) is 3.70. The van der Waals surface area contributed by atoms with Crippen LogP contribution in [0, 0.1) is 0 Å². The van der Waals surface area contributed by atoms with E-state index in [1.165, 1.54) is 0 Å². The molecule has 2 N–H and O–H groups in total. The first-order valence-corrected chi connectivity index (χ1v) is 7.11. The molecule has 2 heterocycles. The summed E-state index contributed by atoms with van der Waals surface area (Å²) in [6, 6.07) is -0.377. The summed E-state index contributed by atoms with van der Waals surface area (Å²) < 4.78 is 5.44. The van der Waals surface area contributed by atoms with Crippen molar-refractivity contribution in [3.8, 4) is 0 Å². The van der Waals surface area contributed by atoms with Gasteiger partial charge < -0.3 is 20.3 Å². The number of ether oxygens (including phenoxy) is 1. The zero-order valence-corrected chi connectivity index (χ0v) is 12.7.